The fraction of sp³-hybridized carbons (Fsp3) is 0.258. The molecule has 1 aromatic heterocycles. The molecule has 0 atom stereocenters. The van der Waals surface area contributed by atoms with E-state index in [-0.39, 0.29) is 17.2 Å². The Balaban J connectivity index is 1.21. The number of nitrogens with one attached hydrogen (secondary N) is 1. The van der Waals surface area contributed by atoms with Gasteiger partial charge in [0.15, 0.2) is 0 Å². The average Bonchev–Trinajstić information content (AvgIpc) is 2.92. The van der Waals surface area contributed by atoms with Gasteiger partial charge in [-0.15, -0.1) is 0 Å². The molecule has 7 nitrogen and oxygen atoms in total. The highest BCUT2D eigenvalue weighted by molar-refractivity contribution is 6.04. The first-order valence-electron chi connectivity index (χ1n) is 12.8. The summed E-state index contributed by atoms with van der Waals surface area (Å²) < 4.78 is 5.43. The van der Waals surface area contributed by atoms with E-state index < -0.39 is 5.63 Å². The maximum Gasteiger partial charge on any atom is 0.344 e. The molecule has 0 unspecified atom stereocenters. The predicted octanol–water partition coefficient (Wildman–Crippen LogP) is 5.41. The van der Waals surface area contributed by atoms with Crippen molar-refractivity contribution in [3.8, 4) is 11.1 Å². The Hall–Kier alpha value is -4.39. The second-order valence-electron chi connectivity index (χ2n) is 10.6. The van der Waals surface area contributed by atoms with Crippen LogP contribution in [0.2, 0.25) is 0 Å². The minimum atomic E-state index is -0.414. The molecule has 3 aromatic carbocycles. The number of nitrogens with zero attached hydrogens (tertiary/aromatic N) is 2. The van der Waals surface area contributed by atoms with Crippen molar-refractivity contribution in [2.24, 2.45) is 5.41 Å². The van der Waals surface area contributed by atoms with Gasteiger partial charge in [-0.2, -0.15) is 0 Å². The van der Waals surface area contributed by atoms with Crippen LogP contribution < -0.4 is 15.8 Å². The van der Waals surface area contributed by atoms with Crippen LogP contribution in [0.25, 0.3) is 22.1 Å². The van der Waals surface area contributed by atoms with Crippen molar-refractivity contribution in [3.05, 3.63) is 94.8 Å². The fourth-order valence-electron chi connectivity index (χ4n) is 4.67. The molecule has 1 aliphatic rings. The molecule has 1 saturated heterocycles. The normalized spacial score (nSPS) is 14.0. The van der Waals surface area contributed by atoms with Gasteiger partial charge in [-0.05, 0) is 54.1 Å². The van der Waals surface area contributed by atoms with Gasteiger partial charge in [0.2, 0.25) is 5.91 Å². The molecule has 0 spiro atoms. The van der Waals surface area contributed by atoms with Crippen LogP contribution in [0, 0.1) is 5.41 Å². The molecule has 2 heterocycles. The molecule has 194 valence electrons. The lowest BCUT2D eigenvalue weighted by atomic mass is 9.94. The third kappa shape index (κ3) is 5.32. The SMILES string of the molecule is CC(C)(C)C(=O)N1CCN(c2ccc(NC(=O)c3ccc(-c4cc5ccccc5oc4=O)cc3)cc2)CC1. The minimum absolute atomic E-state index is 0.184. The highest BCUT2D eigenvalue weighted by Crippen LogP contribution is 2.24. The zero-order valence-electron chi connectivity index (χ0n) is 21.9. The molecule has 4 aromatic rings. The fourth-order valence-corrected chi connectivity index (χ4v) is 4.67. The van der Waals surface area contributed by atoms with Gasteiger partial charge in [0.1, 0.15) is 5.58 Å². The molecule has 2 amide bonds. The first-order valence-corrected chi connectivity index (χ1v) is 12.8. The second-order valence-corrected chi connectivity index (χ2v) is 10.6. The Bertz CT molecular complexity index is 1520. The number of carbonyl (C=O) groups is 2. The van der Waals surface area contributed by atoms with Crippen LogP contribution in [0.3, 0.4) is 0 Å². The van der Waals surface area contributed by atoms with E-state index in [9.17, 15) is 14.4 Å². The van der Waals surface area contributed by atoms with Gasteiger partial charge in [-0.25, -0.2) is 4.79 Å². The smallest absolute Gasteiger partial charge is 0.344 e. The summed E-state index contributed by atoms with van der Waals surface area (Å²) in [5.74, 6) is -0.0480. The molecular weight excluding hydrogens is 478 g/mol. The van der Waals surface area contributed by atoms with E-state index in [0.29, 0.717) is 41.1 Å². The van der Waals surface area contributed by atoms with Gasteiger partial charge in [-0.1, -0.05) is 51.1 Å². The van der Waals surface area contributed by atoms with Crippen LogP contribution in [0.1, 0.15) is 31.1 Å². The Kier molecular flexibility index (Phi) is 6.76. The number of benzene rings is 3. The van der Waals surface area contributed by atoms with Gasteiger partial charge >= 0.3 is 5.63 Å². The van der Waals surface area contributed by atoms with Crippen LogP contribution in [0.15, 0.2) is 88.1 Å². The minimum Gasteiger partial charge on any atom is -0.422 e. The Labute approximate surface area is 221 Å². The van der Waals surface area contributed by atoms with Gasteiger partial charge < -0.3 is 19.5 Å². The first-order chi connectivity index (χ1) is 18.2. The van der Waals surface area contributed by atoms with E-state index >= 15 is 0 Å². The molecule has 0 bridgehead atoms. The highest BCUT2D eigenvalue weighted by atomic mass is 16.4. The molecule has 0 saturated carbocycles. The lowest BCUT2D eigenvalue weighted by Crippen LogP contribution is -2.51. The number of para-hydroxylation sites is 1. The number of hydrogen-bond donors (Lipinski definition) is 1. The second kappa shape index (κ2) is 10.2. The number of piperazine rings is 1. The van der Waals surface area contributed by atoms with Crippen molar-refractivity contribution >= 4 is 34.2 Å². The van der Waals surface area contributed by atoms with E-state index in [1.165, 1.54) is 0 Å². The molecule has 0 radical (unpaired) electrons. The summed E-state index contributed by atoms with van der Waals surface area (Å²) in [5, 5.41) is 3.77. The van der Waals surface area contributed by atoms with Crippen LogP contribution in [-0.4, -0.2) is 42.9 Å². The zero-order valence-corrected chi connectivity index (χ0v) is 21.9. The van der Waals surface area contributed by atoms with Crippen molar-refractivity contribution in [1.29, 1.82) is 0 Å². The monoisotopic (exact) mass is 509 g/mol. The molecule has 0 aliphatic carbocycles. The van der Waals surface area contributed by atoms with E-state index in [2.05, 4.69) is 10.2 Å². The lowest BCUT2D eigenvalue weighted by molar-refractivity contribution is -0.139. The molecule has 5 rings (SSSR count). The quantitative estimate of drug-likeness (QED) is 0.372. The number of hydrogen-bond acceptors (Lipinski definition) is 5. The first kappa shape index (κ1) is 25.3. The van der Waals surface area contributed by atoms with Crippen LogP contribution >= 0.6 is 0 Å². The molecule has 1 N–H and O–H groups in total. The van der Waals surface area contributed by atoms with Gasteiger partial charge in [0.25, 0.3) is 5.91 Å². The number of fused-ring (bicyclic) bond motifs is 1. The van der Waals surface area contributed by atoms with Crippen LogP contribution in [0.5, 0.6) is 0 Å². The number of anilines is 2. The summed E-state index contributed by atoms with van der Waals surface area (Å²) in [4.78, 5) is 42.0. The lowest BCUT2D eigenvalue weighted by Gasteiger charge is -2.38. The molecule has 38 heavy (non-hydrogen) atoms. The summed E-state index contributed by atoms with van der Waals surface area (Å²) in [6.45, 7) is 8.80. The van der Waals surface area contributed by atoms with Crippen molar-refractivity contribution < 1.29 is 14.0 Å². The molecule has 1 aliphatic heterocycles. The summed E-state index contributed by atoms with van der Waals surface area (Å²) >= 11 is 0. The molecule has 7 heteroatoms. The zero-order chi connectivity index (χ0) is 26.9. The summed E-state index contributed by atoms with van der Waals surface area (Å²) in [5.41, 5.74) is 3.15. The Morgan fingerprint density at radius 3 is 2.16 bits per heavy atom. The maximum atomic E-state index is 12.8. The average molecular weight is 510 g/mol. The standard InChI is InChI=1S/C31H31N3O4/c1-31(2,3)30(37)34-18-16-33(17-19-34)25-14-12-24(13-15-25)32-28(35)22-10-8-21(9-11-22)26-20-23-6-4-5-7-27(23)38-29(26)36/h4-15,20H,16-19H2,1-3H3,(H,32,35). The Morgan fingerprint density at radius 2 is 1.50 bits per heavy atom. The van der Waals surface area contributed by atoms with Gasteiger partial charge in [0.05, 0.1) is 5.56 Å². The molecule has 1 fully saturated rings. The summed E-state index contributed by atoms with van der Waals surface area (Å²) in [7, 11) is 0. The van der Waals surface area contributed by atoms with E-state index in [1.807, 2.05) is 68.1 Å². The maximum absolute atomic E-state index is 12.8. The largest absolute Gasteiger partial charge is 0.422 e. The van der Waals surface area contributed by atoms with Crippen molar-refractivity contribution in [2.75, 3.05) is 36.4 Å². The van der Waals surface area contributed by atoms with E-state index in [1.54, 1.807) is 36.4 Å². The summed E-state index contributed by atoms with van der Waals surface area (Å²) in [6, 6.07) is 23.8. The van der Waals surface area contributed by atoms with Crippen molar-refractivity contribution in [2.45, 2.75) is 20.8 Å². The Morgan fingerprint density at radius 1 is 0.842 bits per heavy atom. The van der Waals surface area contributed by atoms with Crippen molar-refractivity contribution in [1.82, 2.24) is 4.90 Å². The number of rotatable bonds is 4. The predicted molar refractivity (Wildman–Crippen MR) is 151 cm³/mol. The third-order valence-corrected chi connectivity index (χ3v) is 6.80. The number of amides is 2. The molecular formula is C31H31N3O4. The van der Waals surface area contributed by atoms with Crippen LogP contribution in [-0.2, 0) is 4.79 Å². The van der Waals surface area contributed by atoms with Crippen molar-refractivity contribution in [3.63, 3.8) is 0 Å². The van der Waals surface area contributed by atoms with E-state index in [0.717, 1.165) is 24.2 Å². The highest BCUT2D eigenvalue weighted by Gasteiger charge is 2.29. The van der Waals surface area contributed by atoms with E-state index in [4.69, 9.17) is 4.42 Å². The topological polar surface area (TPSA) is 82.9 Å². The number of carbonyl (C=O) groups excluding carboxylic acids is 2. The van der Waals surface area contributed by atoms with Gasteiger partial charge in [-0.3, -0.25) is 9.59 Å². The van der Waals surface area contributed by atoms with Gasteiger partial charge in [0, 0.05) is 53.9 Å². The third-order valence-electron chi connectivity index (χ3n) is 6.80. The van der Waals surface area contributed by atoms with Crippen LogP contribution in [0.4, 0.5) is 11.4 Å². The summed E-state index contributed by atoms with van der Waals surface area (Å²) in [6.07, 6.45) is 0.